The lowest BCUT2D eigenvalue weighted by Crippen LogP contribution is -2.65. The fraction of sp³-hybridized carbons (Fsp3) is 0.630. The van der Waals surface area contributed by atoms with Crippen LogP contribution in [0, 0.1) is 17.3 Å². The number of nitrogens with zero attached hydrogens (tertiary/aromatic N) is 5. The number of halogens is 7. The van der Waals surface area contributed by atoms with Gasteiger partial charge in [-0.2, -0.15) is 22.4 Å². The molecule has 24 heteroatoms. The van der Waals surface area contributed by atoms with Gasteiger partial charge in [0.1, 0.15) is 36.4 Å². The van der Waals surface area contributed by atoms with Gasteiger partial charge in [-0.3, -0.25) is 28.8 Å². The van der Waals surface area contributed by atoms with Crippen LogP contribution in [0.15, 0.2) is 42.7 Å². The van der Waals surface area contributed by atoms with E-state index in [0.717, 1.165) is 15.2 Å². The van der Waals surface area contributed by atoms with Gasteiger partial charge in [0.05, 0.1) is 25.2 Å². The molecule has 70 heavy (non-hydrogen) atoms. The van der Waals surface area contributed by atoms with Gasteiger partial charge in [-0.25, -0.2) is 21.6 Å². The lowest BCUT2D eigenvalue weighted by atomic mass is 9.64. The zero-order valence-corrected chi connectivity index (χ0v) is 41.0. The summed E-state index contributed by atoms with van der Waals surface area (Å²) in [7, 11) is -1.02. The summed E-state index contributed by atoms with van der Waals surface area (Å²) in [6.07, 6.45) is -2.47. The molecule has 6 atom stereocenters. The third-order valence-corrected chi connectivity index (χ3v) is 14.5. The number of rotatable bonds is 12. The second-order valence-corrected chi connectivity index (χ2v) is 21.7. The Bertz CT molecular complexity index is 2460. The van der Waals surface area contributed by atoms with E-state index in [1.54, 1.807) is 24.3 Å². The second kappa shape index (κ2) is 21.3. The molecule has 386 valence electrons. The van der Waals surface area contributed by atoms with Crippen molar-refractivity contribution in [1.29, 1.82) is 0 Å². The maximum atomic E-state index is 14.9. The largest absolute Gasteiger partial charge is 0.403 e. The van der Waals surface area contributed by atoms with Gasteiger partial charge in [0.25, 0.3) is 15.9 Å². The van der Waals surface area contributed by atoms with Crippen LogP contribution in [0.2, 0.25) is 5.02 Å². The van der Waals surface area contributed by atoms with Crippen molar-refractivity contribution < 1.29 is 63.5 Å². The Balaban J connectivity index is 1.25. The molecule has 0 radical (unpaired) electrons. The van der Waals surface area contributed by atoms with E-state index in [2.05, 4.69) is 21.0 Å². The number of benzene rings is 1. The number of hydrogen-bond acceptors (Lipinski definition) is 9. The van der Waals surface area contributed by atoms with Crippen molar-refractivity contribution in [1.82, 2.24) is 39.8 Å². The number of likely N-dealkylation sites (N-methyl/N-ethyl adjacent to an activating group) is 2. The predicted molar refractivity (Wildman–Crippen MR) is 244 cm³/mol. The van der Waals surface area contributed by atoms with Crippen LogP contribution in [0.5, 0.6) is 0 Å². The summed E-state index contributed by atoms with van der Waals surface area (Å²) in [5.74, 6) is -10.2. The molecule has 0 bridgehead atoms. The number of carbonyl (C=O) groups excluding carboxylic acids is 6. The minimum Gasteiger partial charge on any atom is -0.354 e. The van der Waals surface area contributed by atoms with Crippen LogP contribution in [0.1, 0.15) is 83.6 Å². The lowest BCUT2D eigenvalue weighted by molar-refractivity contribution is -0.299. The summed E-state index contributed by atoms with van der Waals surface area (Å²) >= 11 is 6.44. The van der Waals surface area contributed by atoms with Crippen molar-refractivity contribution >= 4 is 57.1 Å². The number of alkyl halides is 6. The third kappa shape index (κ3) is 12.3. The molecule has 2 aliphatic carbocycles. The minimum absolute atomic E-state index is 0.0275. The predicted octanol–water partition coefficient (Wildman–Crippen LogP) is 4.80. The Morgan fingerprint density at radius 2 is 1.71 bits per heavy atom. The van der Waals surface area contributed by atoms with Crippen LogP contribution in [-0.2, 0) is 45.2 Å². The molecule has 6 amide bonds. The quantitative estimate of drug-likeness (QED) is 0.198. The smallest absolute Gasteiger partial charge is 0.354 e. The van der Waals surface area contributed by atoms with Gasteiger partial charge >= 0.3 is 6.18 Å². The van der Waals surface area contributed by atoms with Gasteiger partial charge in [0, 0.05) is 56.9 Å². The number of hydrogen-bond donors (Lipinski definition) is 3. The number of nitrogens with one attached hydrogen (secondary N) is 3. The molecular formula is C46H59ClF6N8O8S. The molecule has 3 heterocycles. The molecule has 2 aliphatic heterocycles. The highest BCUT2D eigenvalue weighted by Crippen LogP contribution is 2.61. The van der Waals surface area contributed by atoms with E-state index < -0.39 is 131 Å². The van der Waals surface area contributed by atoms with Crippen LogP contribution in [0.4, 0.5) is 26.3 Å². The standard InChI is InChI=1S/C46H59ClF6N8O8S/c1-26(2)17-33-41(65)59(4)35(19-28-18-30(47)14-15-32(28)29-21-55-61(22-29)70(5,68)69)38(62)54-16-10-8-6-7-9-11-34(39(63)56-33)58(3)42(66)37(27-12-13-27)57-40(64)36-20-31(48)23-60(36)43(67)44(46(51,52)53)24-45(49,50)25-44/h6-7,14-15,18,21-22,26-27,31,33-37H,8-13,16-17,19-20,23-25H2,1-5H3,(H,54,62)(H,56,63)(H,57,64)/b7-6-/t31-,33+,34+,35+,36+,37+/m1/s1. The summed E-state index contributed by atoms with van der Waals surface area (Å²) in [5, 5.41) is 12.5. The zero-order chi connectivity index (χ0) is 51.7. The third-order valence-electron chi connectivity index (χ3n) is 13.4. The molecule has 2 saturated carbocycles. The van der Waals surface area contributed by atoms with Gasteiger partial charge in [-0.1, -0.05) is 43.7 Å². The van der Waals surface area contributed by atoms with Crippen LogP contribution >= 0.6 is 11.6 Å². The van der Waals surface area contributed by atoms with Crippen molar-refractivity contribution in [2.45, 2.75) is 133 Å². The Kier molecular flexibility index (Phi) is 16.4. The summed E-state index contributed by atoms with van der Waals surface area (Å²) in [5.41, 5.74) is -2.15. The Morgan fingerprint density at radius 1 is 1.04 bits per heavy atom. The van der Waals surface area contributed by atoms with E-state index in [0.29, 0.717) is 52.3 Å². The van der Waals surface area contributed by atoms with Crippen LogP contribution < -0.4 is 16.0 Å². The summed E-state index contributed by atoms with van der Waals surface area (Å²) in [6.45, 7) is 2.90. The molecule has 0 spiro atoms. The number of carbonyl (C=O) groups is 6. The number of aromatic nitrogens is 2. The molecule has 0 unspecified atom stereocenters. The van der Waals surface area contributed by atoms with Gasteiger partial charge in [0.2, 0.25) is 35.4 Å². The van der Waals surface area contributed by atoms with Crippen molar-refractivity contribution in [2.24, 2.45) is 17.3 Å². The van der Waals surface area contributed by atoms with E-state index in [9.17, 15) is 63.5 Å². The van der Waals surface area contributed by atoms with Crippen LogP contribution in [0.3, 0.4) is 0 Å². The Labute approximate surface area is 407 Å². The summed E-state index contributed by atoms with van der Waals surface area (Å²) in [6, 6.07) is -2.13. The maximum absolute atomic E-state index is 14.9. The molecule has 1 saturated heterocycles. The normalized spacial score (nSPS) is 25.7. The zero-order valence-electron chi connectivity index (χ0n) is 39.4. The first-order valence-corrected chi connectivity index (χ1v) is 25.4. The second-order valence-electron chi connectivity index (χ2n) is 19.4. The Morgan fingerprint density at radius 3 is 2.31 bits per heavy atom. The highest BCUT2D eigenvalue weighted by atomic mass is 35.5. The average Bonchev–Trinajstić information content (AvgIpc) is 3.83. The molecule has 16 nitrogen and oxygen atoms in total. The van der Waals surface area contributed by atoms with Gasteiger partial charge in [-0.15, -0.1) is 0 Å². The molecule has 3 fully saturated rings. The minimum atomic E-state index is -5.42. The number of amides is 6. The maximum Gasteiger partial charge on any atom is 0.403 e. The molecule has 6 rings (SSSR count). The molecular weight excluding hydrogens is 974 g/mol. The number of allylic oxidation sites excluding steroid dienone is 2. The van der Waals surface area contributed by atoms with Crippen molar-refractivity contribution in [2.75, 3.05) is 33.4 Å². The molecule has 4 aliphatic rings. The SMILES string of the molecule is CC(C)C[C@@H]1NC(=O)[C@@H](N(C)C(=O)[C@@H](NC(=O)[C@@H]2C[C@@H](F)CN2C(=O)C2(C(F)(F)F)CC(F)(F)C2)C2CC2)CC/C=C\CCCNC(=O)[C@H](Cc2cc(Cl)ccc2-c2cnn(S(C)(=O)=O)c2)N(C)C1=O. The first-order valence-electron chi connectivity index (χ1n) is 23.1. The van der Waals surface area contributed by atoms with E-state index in [1.807, 2.05) is 19.9 Å². The van der Waals surface area contributed by atoms with Gasteiger partial charge < -0.3 is 30.7 Å². The lowest BCUT2D eigenvalue weighted by Gasteiger charge is -2.48. The Hall–Kier alpha value is -5.19. The molecule has 1 aromatic carbocycles. The fourth-order valence-electron chi connectivity index (χ4n) is 9.42. The first kappa shape index (κ1) is 54.1. The number of likely N-dealkylation sites (tertiary alicyclic amines) is 1. The molecule has 3 N–H and O–H groups in total. The van der Waals surface area contributed by atoms with E-state index in [-0.39, 0.29) is 38.1 Å². The summed E-state index contributed by atoms with van der Waals surface area (Å²) < 4.78 is 111. The van der Waals surface area contributed by atoms with E-state index in [4.69, 9.17) is 11.6 Å². The van der Waals surface area contributed by atoms with Crippen LogP contribution in [0.25, 0.3) is 11.1 Å². The average molecular weight is 1030 g/mol. The summed E-state index contributed by atoms with van der Waals surface area (Å²) in [4.78, 5) is 87.7. The highest BCUT2D eigenvalue weighted by Gasteiger charge is 2.75. The van der Waals surface area contributed by atoms with Crippen LogP contribution in [-0.4, -0.2) is 150 Å². The van der Waals surface area contributed by atoms with E-state index >= 15 is 0 Å². The first-order chi connectivity index (χ1) is 32.6. The van der Waals surface area contributed by atoms with Crippen molar-refractivity contribution in [3.8, 4) is 11.1 Å². The van der Waals surface area contributed by atoms with Gasteiger partial charge in [-0.05, 0) is 80.0 Å². The van der Waals surface area contributed by atoms with Gasteiger partial charge in [0.15, 0.2) is 5.41 Å². The highest BCUT2D eigenvalue weighted by molar-refractivity contribution is 7.89. The van der Waals surface area contributed by atoms with E-state index in [1.165, 1.54) is 31.4 Å². The van der Waals surface area contributed by atoms with Crippen molar-refractivity contribution in [3.05, 3.63) is 53.3 Å². The monoisotopic (exact) mass is 1030 g/mol. The van der Waals surface area contributed by atoms with Crippen molar-refractivity contribution in [3.63, 3.8) is 0 Å². The molecule has 1 aromatic heterocycles. The topological polar surface area (TPSA) is 200 Å². The fourth-order valence-corrected chi connectivity index (χ4v) is 10.1. The molecule has 2 aromatic rings.